The van der Waals surface area contributed by atoms with Gasteiger partial charge in [-0.2, -0.15) is 0 Å². The monoisotopic (exact) mass is 276 g/mol. The van der Waals surface area contributed by atoms with Gasteiger partial charge in [0.25, 0.3) is 0 Å². The van der Waals surface area contributed by atoms with E-state index in [0.717, 1.165) is 43.6 Å². The Bertz CT molecular complexity index is 453. The molecule has 0 aliphatic heterocycles. The van der Waals surface area contributed by atoms with Crippen molar-refractivity contribution in [3.8, 4) is 0 Å². The van der Waals surface area contributed by atoms with Gasteiger partial charge in [-0.3, -0.25) is 4.79 Å². The first-order valence-electron chi connectivity index (χ1n) is 7.38. The van der Waals surface area contributed by atoms with E-state index in [1.54, 1.807) is 11.2 Å². The molecule has 1 fully saturated rings. The number of nitrogens with zero attached hydrogens (tertiary/aromatic N) is 3. The predicted molar refractivity (Wildman–Crippen MR) is 79.5 cm³/mol. The van der Waals surface area contributed by atoms with Gasteiger partial charge in [0.1, 0.15) is 12.1 Å². The third-order valence-corrected chi connectivity index (χ3v) is 3.96. The molecule has 5 heteroatoms. The van der Waals surface area contributed by atoms with Crippen LogP contribution >= 0.6 is 0 Å². The summed E-state index contributed by atoms with van der Waals surface area (Å²) in [4.78, 5) is 22.1. The smallest absolute Gasteiger partial charge is 0.225 e. The number of aryl methyl sites for hydroxylation is 1. The van der Waals surface area contributed by atoms with Crippen LogP contribution < -0.4 is 5.32 Å². The van der Waals surface area contributed by atoms with Gasteiger partial charge < -0.3 is 10.2 Å². The Kier molecular flexibility index (Phi) is 4.93. The lowest BCUT2D eigenvalue weighted by molar-refractivity contribution is -0.133. The third-order valence-electron chi connectivity index (χ3n) is 3.96. The summed E-state index contributed by atoms with van der Waals surface area (Å²) < 4.78 is 0. The van der Waals surface area contributed by atoms with Gasteiger partial charge in [-0.05, 0) is 32.1 Å². The van der Waals surface area contributed by atoms with Crippen LogP contribution in [-0.2, 0) is 11.2 Å². The van der Waals surface area contributed by atoms with Gasteiger partial charge in [-0.15, -0.1) is 0 Å². The van der Waals surface area contributed by atoms with Gasteiger partial charge in [-0.25, -0.2) is 9.97 Å². The van der Waals surface area contributed by atoms with Crippen LogP contribution in [0.25, 0.3) is 0 Å². The van der Waals surface area contributed by atoms with Crippen LogP contribution in [0.15, 0.2) is 12.4 Å². The maximum atomic E-state index is 11.9. The van der Waals surface area contributed by atoms with Crippen molar-refractivity contribution in [2.75, 3.05) is 19.4 Å². The first-order chi connectivity index (χ1) is 9.60. The lowest BCUT2D eigenvalue weighted by atomic mass is 9.85. The summed E-state index contributed by atoms with van der Waals surface area (Å²) in [6.45, 7) is 2.09. The summed E-state index contributed by atoms with van der Waals surface area (Å²) in [5, 5.41) is 3.47. The molecule has 5 nitrogen and oxygen atoms in total. The third kappa shape index (κ3) is 3.68. The van der Waals surface area contributed by atoms with Crippen LogP contribution in [0, 0.1) is 5.92 Å². The van der Waals surface area contributed by atoms with E-state index in [2.05, 4.69) is 22.2 Å². The molecular formula is C15H24N4O. The fourth-order valence-electron chi connectivity index (χ4n) is 2.73. The lowest BCUT2D eigenvalue weighted by Crippen LogP contribution is -2.35. The Morgan fingerprint density at radius 2 is 2.00 bits per heavy atom. The zero-order valence-corrected chi connectivity index (χ0v) is 12.6. The molecule has 20 heavy (non-hydrogen) atoms. The maximum Gasteiger partial charge on any atom is 0.225 e. The van der Waals surface area contributed by atoms with Gasteiger partial charge in [0.15, 0.2) is 0 Å². The van der Waals surface area contributed by atoms with E-state index in [1.807, 2.05) is 20.2 Å². The Morgan fingerprint density at radius 3 is 2.60 bits per heavy atom. The van der Waals surface area contributed by atoms with Gasteiger partial charge >= 0.3 is 0 Å². The largest absolute Gasteiger partial charge is 0.367 e. The molecule has 1 aliphatic carbocycles. The number of aromatic nitrogens is 2. The van der Waals surface area contributed by atoms with Crippen molar-refractivity contribution in [2.24, 2.45) is 5.92 Å². The minimum absolute atomic E-state index is 0.194. The molecule has 1 heterocycles. The highest BCUT2D eigenvalue weighted by molar-refractivity contribution is 5.78. The van der Waals surface area contributed by atoms with Crippen molar-refractivity contribution in [3.05, 3.63) is 18.1 Å². The molecule has 2 rings (SSSR count). The molecule has 0 unspecified atom stereocenters. The molecule has 0 atom stereocenters. The molecule has 1 aromatic heterocycles. The Hall–Kier alpha value is -1.65. The van der Waals surface area contributed by atoms with E-state index in [1.165, 1.54) is 0 Å². The summed E-state index contributed by atoms with van der Waals surface area (Å²) in [6, 6.07) is 2.43. The van der Waals surface area contributed by atoms with Crippen LogP contribution in [0.3, 0.4) is 0 Å². The highest BCUT2D eigenvalue weighted by atomic mass is 16.2. The number of rotatable bonds is 4. The molecule has 0 saturated heterocycles. The zero-order valence-electron chi connectivity index (χ0n) is 12.6. The highest BCUT2D eigenvalue weighted by Crippen LogP contribution is 2.27. The van der Waals surface area contributed by atoms with E-state index in [-0.39, 0.29) is 11.8 Å². The van der Waals surface area contributed by atoms with Gasteiger partial charge in [-0.1, -0.05) is 6.92 Å². The first-order valence-corrected chi connectivity index (χ1v) is 7.38. The van der Waals surface area contributed by atoms with Crippen molar-refractivity contribution in [3.63, 3.8) is 0 Å². The van der Waals surface area contributed by atoms with Gasteiger partial charge in [0, 0.05) is 37.8 Å². The van der Waals surface area contributed by atoms with Crippen LogP contribution in [0.2, 0.25) is 0 Å². The van der Waals surface area contributed by atoms with Crippen molar-refractivity contribution in [2.45, 2.75) is 45.1 Å². The van der Waals surface area contributed by atoms with Crippen LogP contribution in [0.4, 0.5) is 5.82 Å². The van der Waals surface area contributed by atoms with Crippen molar-refractivity contribution < 1.29 is 4.79 Å². The van der Waals surface area contributed by atoms with Gasteiger partial charge in [0.2, 0.25) is 5.91 Å². The molecular weight excluding hydrogens is 252 g/mol. The zero-order chi connectivity index (χ0) is 14.5. The second kappa shape index (κ2) is 6.68. The summed E-state index contributed by atoms with van der Waals surface area (Å²) in [5.74, 6) is 1.36. The Labute approximate surface area is 120 Å². The topological polar surface area (TPSA) is 58.1 Å². The normalized spacial score (nSPS) is 22.4. The lowest BCUT2D eigenvalue weighted by Gasteiger charge is -2.30. The van der Waals surface area contributed by atoms with Crippen LogP contribution in [0.5, 0.6) is 0 Å². The quantitative estimate of drug-likeness (QED) is 0.915. The van der Waals surface area contributed by atoms with E-state index in [9.17, 15) is 4.79 Å². The fourth-order valence-corrected chi connectivity index (χ4v) is 2.73. The average Bonchev–Trinajstić information content (AvgIpc) is 2.47. The number of amides is 1. The van der Waals surface area contributed by atoms with Gasteiger partial charge in [0.05, 0.1) is 0 Å². The van der Waals surface area contributed by atoms with E-state index < -0.39 is 0 Å². The standard InChI is InChI=1S/C15H24N4O/c1-4-12-9-14(17-10-16-12)18-13-7-5-11(6-8-13)15(20)19(2)3/h9-11,13H,4-8H2,1-3H3,(H,16,17,18). The van der Waals surface area contributed by atoms with Crippen molar-refractivity contribution >= 4 is 11.7 Å². The molecule has 0 spiro atoms. The Balaban J connectivity index is 1.86. The first kappa shape index (κ1) is 14.8. The molecule has 1 aliphatic rings. The molecule has 1 saturated carbocycles. The molecule has 1 N–H and O–H groups in total. The molecule has 1 amide bonds. The molecule has 0 radical (unpaired) electrons. The van der Waals surface area contributed by atoms with E-state index in [4.69, 9.17) is 0 Å². The summed E-state index contributed by atoms with van der Waals surface area (Å²) in [5.41, 5.74) is 1.05. The second-order valence-corrected chi connectivity index (χ2v) is 5.67. The number of hydrogen-bond donors (Lipinski definition) is 1. The SMILES string of the molecule is CCc1cc(NC2CCC(C(=O)N(C)C)CC2)ncn1. The fraction of sp³-hybridized carbons (Fsp3) is 0.667. The minimum atomic E-state index is 0.194. The average molecular weight is 276 g/mol. The molecule has 110 valence electrons. The summed E-state index contributed by atoms with van der Waals surface area (Å²) in [7, 11) is 3.67. The minimum Gasteiger partial charge on any atom is -0.367 e. The molecule has 0 aromatic carbocycles. The number of carbonyl (C=O) groups excluding carboxylic acids is 1. The number of carbonyl (C=O) groups is 1. The van der Waals surface area contributed by atoms with Crippen molar-refractivity contribution in [1.82, 2.24) is 14.9 Å². The number of nitrogens with one attached hydrogen (secondary N) is 1. The van der Waals surface area contributed by atoms with E-state index in [0.29, 0.717) is 6.04 Å². The number of anilines is 1. The highest BCUT2D eigenvalue weighted by Gasteiger charge is 2.27. The maximum absolute atomic E-state index is 11.9. The summed E-state index contributed by atoms with van der Waals surface area (Å²) in [6.07, 6.45) is 6.50. The molecule has 1 aromatic rings. The molecule has 0 bridgehead atoms. The van der Waals surface area contributed by atoms with Crippen molar-refractivity contribution in [1.29, 1.82) is 0 Å². The second-order valence-electron chi connectivity index (χ2n) is 5.67. The number of hydrogen-bond acceptors (Lipinski definition) is 4. The van der Waals surface area contributed by atoms with E-state index >= 15 is 0 Å². The predicted octanol–water partition coefficient (Wildman–Crippen LogP) is 2.10. The van der Waals surface area contributed by atoms with Crippen LogP contribution in [-0.4, -0.2) is 40.9 Å². The summed E-state index contributed by atoms with van der Waals surface area (Å²) >= 11 is 0. The van der Waals surface area contributed by atoms with Crippen LogP contribution in [0.1, 0.15) is 38.3 Å². The Morgan fingerprint density at radius 1 is 1.30 bits per heavy atom.